The van der Waals surface area contributed by atoms with Crippen molar-refractivity contribution >= 4 is 17.7 Å². The maximum atomic E-state index is 12.5. The quantitative estimate of drug-likeness (QED) is 0.217. The molecule has 0 heterocycles. The number of hydrogen-bond acceptors (Lipinski definition) is 4. The average molecular weight is 435 g/mol. The smallest absolute Gasteiger partial charge is 0.266 e. The molecule has 0 aliphatic heterocycles. The van der Waals surface area contributed by atoms with E-state index in [9.17, 15) is 10.1 Å². The lowest BCUT2D eigenvalue weighted by atomic mass is 10.1. The number of nitrogens with one attached hydrogen (secondary N) is 1. The number of anilines is 1. The van der Waals surface area contributed by atoms with Crippen LogP contribution < -0.4 is 14.8 Å². The molecule has 5 heteroatoms. The van der Waals surface area contributed by atoms with Gasteiger partial charge in [0.15, 0.2) is 11.5 Å². The molecule has 1 amide bonds. The first-order valence-electron chi connectivity index (χ1n) is 11.5. The highest BCUT2D eigenvalue weighted by molar-refractivity contribution is 6.09. The van der Waals surface area contributed by atoms with Crippen LogP contribution in [0.1, 0.15) is 63.5 Å². The molecule has 2 aromatic carbocycles. The second kappa shape index (κ2) is 13.9. The number of carbonyl (C=O) groups is 1. The van der Waals surface area contributed by atoms with Gasteiger partial charge in [-0.2, -0.15) is 5.26 Å². The summed E-state index contributed by atoms with van der Waals surface area (Å²) in [5.74, 6) is 0.850. The van der Waals surface area contributed by atoms with Gasteiger partial charge >= 0.3 is 0 Å². The van der Waals surface area contributed by atoms with Gasteiger partial charge in [-0.25, -0.2) is 0 Å². The van der Waals surface area contributed by atoms with Crippen molar-refractivity contribution < 1.29 is 14.3 Å². The van der Waals surface area contributed by atoms with Gasteiger partial charge in [0, 0.05) is 5.69 Å². The number of nitriles is 1. The summed E-state index contributed by atoms with van der Waals surface area (Å²) in [5.41, 5.74) is 2.42. The Morgan fingerprint density at radius 2 is 1.78 bits per heavy atom. The number of rotatable bonds is 13. The fourth-order valence-corrected chi connectivity index (χ4v) is 3.30. The highest BCUT2D eigenvalue weighted by Gasteiger charge is 2.12. The molecule has 0 fully saturated rings. The average Bonchev–Trinajstić information content (AvgIpc) is 2.78. The molecular formula is C27H34N2O3. The molecule has 2 rings (SSSR count). The van der Waals surface area contributed by atoms with Gasteiger partial charge in [0.25, 0.3) is 5.91 Å². The molecule has 0 atom stereocenters. The Labute approximate surface area is 192 Å². The number of carbonyl (C=O) groups excluding carboxylic acids is 1. The van der Waals surface area contributed by atoms with Crippen molar-refractivity contribution in [3.05, 3.63) is 59.2 Å². The van der Waals surface area contributed by atoms with Crippen LogP contribution in [0.15, 0.2) is 48.0 Å². The lowest BCUT2D eigenvalue weighted by Crippen LogP contribution is -2.13. The van der Waals surface area contributed by atoms with Gasteiger partial charge in [-0.1, -0.05) is 57.2 Å². The van der Waals surface area contributed by atoms with Crippen molar-refractivity contribution in [2.24, 2.45) is 0 Å². The molecule has 2 aromatic rings. The number of unbranched alkanes of at least 4 members (excludes halogenated alkanes) is 5. The molecule has 0 bridgehead atoms. The lowest BCUT2D eigenvalue weighted by molar-refractivity contribution is -0.112. The summed E-state index contributed by atoms with van der Waals surface area (Å²) >= 11 is 0. The Hall–Kier alpha value is -3.26. The summed E-state index contributed by atoms with van der Waals surface area (Å²) in [4.78, 5) is 12.5. The molecule has 0 aliphatic rings. The van der Waals surface area contributed by atoms with E-state index in [0.717, 1.165) is 18.4 Å². The van der Waals surface area contributed by atoms with Crippen LogP contribution in [0.5, 0.6) is 11.5 Å². The van der Waals surface area contributed by atoms with Gasteiger partial charge < -0.3 is 14.8 Å². The number of amides is 1. The number of ether oxygens (including phenoxy) is 2. The summed E-state index contributed by atoms with van der Waals surface area (Å²) in [5, 5.41) is 12.3. The molecule has 32 heavy (non-hydrogen) atoms. The number of nitrogens with zero attached hydrogens (tertiary/aromatic N) is 1. The van der Waals surface area contributed by atoms with Crippen LogP contribution in [-0.2, 0) is 4.79 Å². The van der Waals surface area contributed by atoms with E-state index in [4.69, 9.17) is 9.47 Å². The normalized spacial score (nSPS) is 11.0. The molecule has 0 unspecified atom stereocenters. The van der Waals surface area contributed by atoms with E-state index in [-0.39, 0.29) is 5.57 Å². The zero-order chi connectivity index (χ0) is 23.2. The van der Waals surface area contributed by atoms with Gasteiger partial charge in [0.1, 0.15) is 11.6 Å². The van der Waals surface area contributed by atoms with E-state index in [0.29, 0.717) is 36.0 Å². The van der Waals surface area contributed by atoms with Crippen molar-refractivity contribution in [3.8, 4) is 17.6 Å². The Morgan fingerprint density at radius 3 is 2.50 bits per heavy atom. The van der Waals surface area contributed by atoms with E-state index in [1.165, 1.54) is 25.7 Å². The maximum absolute atomic E-state index is 12.5. The van der Waals surface area contributed by atoms with Crippen LogP contribution in [0.25, 0.3) is 6.08 Å². The molecule has 170 valence electrons. The number of benzene rings is 2. The van der Waals surface area contributed by atoms with Gasteiger partial charge in [-0.3, -0.25) is 4.79 Å². The number of hydrogen-bond donors (Lipinski definition) is 1. The first kappa shape index (κ1) is 25.0. The molecule has 0 saturated carbocycles. The van der Waals surface area contributed by atoms with Crippen molar-refractivity contribution in [2.75, 3.05) is 18.5 Å². The van der Waals surface area contributed by atoms with Crippen LogP contribution in [0.3, 0.4) is 0 Å². The Morgan fingerprint density at radius 1 is 1.00 bits per heavy atom. The third-order valence-electron chi connectivity index (χ3n) is 4.98. The second-order valence-electron chi connectivity index (χ2n) is 7.75. The molecule has 0 aromatic heterocycles. The van der Waals surface area contributed by atoms with E-state index >= 15 is 0 Å². The second-order valence-corrected chi connectivity index (χ2v) is 7.75. The van der Waals surface area contributed by atoms with Gasteiger partial charge in [-0.15, -0.1) is 0 Å². The summed E-state index contributed by atoms with van der Waals surface area (Å²) in [6.07, 6.45) is 8.78. The van der Waals surface area contributed by atoms with Crippen LogP contribution in [0.4, 0.5) is 5.69 Å². The maximum Gasteiger partial charge on any atom is 0.266 e. The third-order valence-corrected chi connectivity index (χ3v) is 4.98. The van der Waals surface area contributed by atoms with Crippen molar-refractivity contribution in [3.63, 3.8) is 0 Å². The SMILES string of the molecule is CCCCCCCCOc1ccc(/C=C(\C#N)C(=O)Nc2cccc(C)c2)cc1OCC. The largest absolute Gasteiger partial charge is 0.490 e. The van der Waals surface area contributed by atoms with E-state index < -0.39 is 5.91 Å². The minimum absolute atomic E-state index is 0.0229. The first-order valence-corrected chi connectivity index (χ1v) is 11.5. The summed E-state index contributed by atoms with van der Waals surface area (Å²) in [7, 11) is 0. The van der Waals surface area contributed by atoms with Crippen molar-refractivity contribution in [1.82, 2.24) is 0 Å². The zero-order valence-electron chi connectivity index (χ0n) is 19.4. The van der Waals surface area contributed by atoms with E-state index in [1.807, 2.05) is 50.2 Å². The fraction of sp³-hybridized carbons (Fsp3) is 0.407. The van der Waals surface area contributed by atoms with Crippen molar-refractivity contribution in [1.29, 1.82) is 5.26 Å². The zero-order valence-corrected chi connectivity index (χ0v) is 19.4. The first-order chi connectivity index (χ1) is 15.6. The molecule has 5 nitrogen and oxygen atoms in total. The summed E-state index contributed by atoms with van der Waals surface area (Å²) < 4.78 is 11.7. The predicted octanol–water partition coefficient (Wildman–Crippen LogP) is 6.68. The van der Waals surface area contributed by atoms with Crippen LogP contribution in [0.2, 0.25) is 0 Å². The molecule has 0 aliphatic carbocycles. The molecule has 0 spiro atoms. The van der Waals surface area contributed by atoms with Gasteiger partial charge in [0.2, 0.25) is 0 Å². The summed E-state index contributed by atoms with van der Waals surface area (Å²) in [6.45, 7) is 7.22. The van der Waals surface area contributed by atoms with E-state index in [1.54, 1.807) is 18.2 Å². The highest BCUT2D eigenvalue weighted by atomic mass is 16.5. The highest BCUT2D eigenvalue weighted by Crippen LogP contribution is 2.30. The number of aryl methyl sites for hydroxylation is 1. The predicted molar refractivity (Wildman–Crippen MR) is 130 cm³/mol. The third kappa shape index (κ3) is 8.47. The minimum Gasteiger partial charge on any atom is -0.490 e. The van der Waals surface area contributed by atoms with Crippen LogP contribution in [-0.4, -0.2) is 19.1 Å². The Bertz CT molecular complexity index is 944. The van der Waals surface area contributed by atoms with Crippen LogP contribution >= 0.6 is 0 Å². The standard InChI is InChI=1S/C27H34N2O3/c1-4-6-7-8-9-10-16-32-25-15-14-22(19-26(25)31-5-2)18-23(20-28)27(30)29-24-13-11-12-21(3)17-24/h11-15,17-19H,4-10,16H2,1-3H3,(H,29,30)/b23-18+. The van der Waals surface area contributed by atoms with Gasteiger partial charge in [-0.05, 0) is 61.7 Å². The van der Waals surface area contributed by atoms with E-state index in [2.05, 4.69) is 12.2 Å². The molecule has 0 saturated heterocycles. The molecule has 0 radical (unpaired) electrons. The Kier molecular flexibility index (Phi) is 10.9. The molecular weight excluding hydrogens is 400 g/mol. The Balaban J connectivity index is 2.04. The summed E-state index contributed by atoms with van der Waals surface area (Å²) in [6, 6.07) is 14.9. The monoisotopic (exact) mass is 434 g/mol. The van der Waals surface area contributed by atoms with Crippen LogP contribution in [0, 0.1) is 18.3 Å². The lowest BCUT2D eigenvalue weighted by Gasteiger charge is -2.13. The minimum atomic E-state index is -0.445. The van der Waals surface area contributed by atoms with Crippen molar-refractivity contribution in [2.45, 2.75) is 59.3 Å². The van der Waals surface area contributed by atoms with Gasteiger partial charge in [0.05, 0.1) is 13.2 Å². The topological polar surface area (TPSA) is 71.3 Å². The molecule has 1 N–H and O–H groups in total. The fourth-order valence-electron chi connectivity index (χ4n) is 3.30.